The van der Waals surface area contributed by atoms with E-state index in [2.05, 4.69) is 5.32 Å². The molecule has 1 N–H and O–H groups in total. The van der Waals surface area contributed by atoms with Crippen LogP contribution in [0.25, 0.3) is 0 Å². The molecule has 0 aromatic heterocycles. The zero-order valence-electron chi connectivity index (χ0n) is 11.8. The highest BCUT2D eigenvalue weighted by atomic mass is 35.5. The first-order valence-corrected chi connectivity index (χ1v) is 6.90. The fourth-order valence-corrected chi connectivity index (χ4v) is 2.22. The third-order valence-electron chi connectivity index (χ3n) is 3.27. The Morgan fingerprint density at radius 1 is 1.14 bits per heavy atom. The van der Waals surface area contributed by atoms with Gasteiger partial charge in [-0.25, -0.2) is 8.78 Å². The summed E-state index contributed by atoms with van der Waals surface area (Å²) >= 11 is 5.73. The quantitative estimate of drug-likeness (QED) is 0.879. The summed E-state index contributed by atoms with van der Waals surface area (Å²) < 4.78 is 32.0. The average Bonchev–Trinajstić information content (AvgIpc) is 2.48. The molecule has 1 unspecified atom stereocenters. The lowest BCUT2D eigenvalue weighted by atomic mass is 10.1. The second-order valence-electron chi connectivity index (χ2n) is 4.74. The van der Waals surface area contributed by atoms with Gasteiger partial charge in [0.1, 0.15) is 17.4 Å². The molecule has 0 bridgehead atoms. The third-order valence-corrected chi connectivity index (χ3v) is 3.56. The Labute approximate surface area is 127 Å². The highest BCUT2D eigenvalue weighted by Crippen LogP contribution is 2.22. The van der Waals surface area contributed by atoms with E-state index in [1.807, 2.05) is 6.92 Å². The molecule has 2 aromatic carbocycles. The Bertz CT molecular complexity index is 634. The Balaban J connectivity index is 2.04. The molecule has 2 nitrogen and oxygen atoms in total. The minimum Gasteiger partial charge on any atom is -0.497 e. The predicted molar refractivity (Wildman–Crippen MR) is 79.6 cm³/mol. The molecule has 5 heteroatoms. The van der Waals surface area contributed by atoms with Crippen molar-refractivity contribution in [1.82, 2.24) is 5.32 Å². The van der Waals surface area contributed by atoms with Crippen molar-refractivity contribution in [2.45, 2.75) is 19.5 Å². The van der Waals surface area contributed by atoms with Crippen LogP contribution in [0.5, 0.6) is 5.75 Å². The molecule has 112 valence electrons. The standard InChI is InChI=1S/C16H16ClF2NO/c1-10(13-5-4-12(21-2)8-16(13)19)20-9-11-3-6-15(18)14(17)7-11/h3-8,10,20H,9H2,1-2H3. The summed E-state index contributed by atoms with van der Waals surface area (Å²) in [6, 6.07) is 9.07. The van der Waals surface area contributed by atoms with E-state index >= 15 is 0 Å². The molecular formula is C16H16ClF2NO. The Morgan fingerprint density at radius 2 is 1.90 bits per heavy atom. The minimum atomic E-state index is -0.449. The number of methoxy groups -OCH3 is 1. The van der Waals surface area contributed by atoms with Crippen LogP contribution in [-0.2, 0) is 6.54 Å². The van der Waals surface area contributed by atoms with Crippen molar-refractivity contribution in [2.75, 3.05) is 7.11 Å². The lowest BCUT2D eigenvalue weighted by Crippen LogP contribution is -2.19. The van der Waals surface area contributed by atoms with Crippen molar-refractivity contribution in [3.63, 3.8) is 0 Å². The van der Waals surface area contributed by atoms with E-state index in [0.717, 1.165) is 5.56 Å². The molecule has 2 rings (SSSR count). The van der Waals surface area contributed by atoms with Crippen molar-refractivity contribution >= 4 is 11.6 Å². The summed E-state index contributed by atoms with van der Waals surface area (Å²) in [6.07, 6.45) is 0. The molecule has 21 heavy (non-hydrogen) atoms. The van der Waals surface area contributed by atoms with E-state index < -0.39 is 5.82 Å². The van der Waals surface area contributed by atoms with Crippen LogP contribution in [0.3, 0.4) is 0 Å². The first kappa shape index (κ1) is 15.7. The first-order chi connectivity index (χ1) is 10.0. The van der Waals surface area contributed by atoms with Crippen molar-refractivity contribution < 1.29 is 13.5 Å². The normalized spacial score (nSPS) is 12.2. The van der Waals surface area contributed by atoms with Gasteiger partial charge in [-0.15, -0.1) is 0 Å². The average molecular weight is 312 g/mol. The largest absolute Gasteiger partial charge is 0.497 e. The van der Waals surface area contributed by atoms with Gasteiger partial charge in [0.2, 0.25) is 0 Å². The summed E-state index contributed by atoms with van der Waals surface area (Å²) in [4.78, 5) is 0. The Hall–Kier alpha value is -1.65. The van der Waals surface area contributed by atoms with Crippen LogP contribution in [0.1, 0.15) is 24.1 Å². The highest BCUT2D eigenvalue weighted by Gasteiger charge is 2.11. The molecule has 0 aliphatic carbocycles. The van der Waals surface area contributed by atoms with Crippen molar-refractivity contribution in [2.24, 2.45) is 0 Å². The lowest BCUT2D eigenvalue weighted by molar-refractivity contribution is 0.409. The van der Waals surface area contributed by atoms with E-state index in [-0.39, 0.29) is 16.9 Å². The Morgan fingerprint density at radius 3 is 2.52 bits per heavy atom. The molecule has 0 aliphatic heterocycles. The second-order valence-corrected chi connectivity index (χ2v) is 5.15. The Kier molecular flexibility index (Phi) is 5.15. The van der Waals surface area contributed by atoms with Crippen molar-refractivity contribution in [3.05, 3.63) is 64.2 Å². The fraction of sp³-hybridized carbons (Fsp3) is 0.250. The van der Waals surface area contributed by atoms with Crippen LogP contribution in [-0.4, -0.2) is 7.11 Å². The summed E-state index contributed by atoms with van der Waals surface area (Å²) in [7, 11) is 1.49. The number of hydrogen-bond acceptors (Lipinski definition) is 2. The van der Waals surface area contributed by atoms with Gasteiger partial charge in [0, 0.05) is 24.2 Å². The van der Waals surface area contributed by atoms with Crippen LogP contribution in [0.2, 0.25) is 5.02 Å². The molecule has 0 aliphatic rings. The van der Waals surface area contributed by atoms with Crippen LogP contribution in [0, 0.1) is 11.6 Å². The van der Waals surface area contributed by atoms with Gasteiger partial charge in [0.15, 0.2) is 0 Å². The molecule has 0 saturated heterocycles. The lowest BCUT2D eigenvalue weighted by Gasteiger charge is -2.16. The number of nitrogens with one attached hydrogen (secondary N) is 1. The monoisotopic (exact) mass is 311 g/mol. The van der Waals surface area contributed by atoms with Gasteiger partial charge in [-0.3, -0.25) is 0 Å². The maximum Gasteiger partial charge on any atom is 0.141 e. The smallest absolute Gasteiger partial charge is 0.141 e. The third kappa shape index (κ3) is 3.93. The molecule has 0 amide bonds. The predicted octanol–water partition coefficient (Wildman–Crippen LogP) is 4.48. The van der Waals surface area contributed by atoms with Crippen molar-refractivity contribution in [1.29, 1.82) is 0 Å². The van der Waals surface area contributed by atoms with E-state index in [4.69, 9.17) is 16.3 Å². The van der Waals surface area contributed by atoms with Gasteiger partial charge >= 0.3 is 0 Å². The summed E-state index contributed by atoms with van der Waals surface area (Å²) in [5.41, 5.74) is 1.38. The molecule has 2 aromatic rings. The van der Waals surface area contributed by atoms with Gasteiger partial charge in [-0.1, -0.05) is 23.7 Å². The molecule has 0 fully saturated rings. The SMILES string of the molecule is COc1ccc(C(C)NCc2ccc(F)c(Cl)c2)c(F)c1. The highest BCUT2D eigenvalue weighted by molar-refractivity contribution is 6.30. The first-order valence-electron chi connectivity index (χ1n) is 6.52. The zero-order valence-corrected chi connectivity index (χ0v) is 12.5. The molecule has 1 atom stereocenters. The number of halogens is 3. The van der Waals surface area contributed by atoms with Gasteiger partial charge < -0.3 is 10.1 Å². The van der Waals surface area contributed by atoms with Gasteiger partial charge in [-0.05, 0) is 30.7 Å². The zero-order chi connectivity index (χ0) is 15.4. The van der Waals surface area contributed by atoms with E-state index in [9.17, 15) is 8.78 Å². The van der Waals surface area contributed by atoms with E-state index in [0.29, 0.717) is 17.9 Å². The maximum absolute atomic E-state index is 13.9. The van der Waals surface area contributed by atoms with Crippen LogP contribution in [0.4, 0.5) is 8.78 Å². The number of ether oxygens (including phenoxy) is 1. The topological polar surface area (TPSA) is 21.3 Å². The molecule has 0 saturated carbocycles. The van der Waals surface area contributed by atoms with Gasteiger partial charge in [-0.2, -0.15) is 0 Å². The second kappa shape index (κ2) is 6.87. The number of benzene rings is 2. The molecular weight excluding hydrogens is 296 g/mol. The molecule has 0 spiro atoms. The van der Waals surface area contributed by atoms with Crippen LogP contribution >= 0.6 is 11.6 Å². The molecule has 0 heterocycles. The van der Waals surface area contributed by atoms with E-state index in [1.165, 1.54) is 19.2 Å². The minimum absolute atomic E-state index is 0.0811. The summed E-state index contributed by atoms with van der Waals surface area (Å²) in [5, 5.41) is 3.26. The van der Waals surface area contributed by atoms with E-state index in [1.54, 1.807) is 24.3 Å². The summed E-state index contributed by atoms with van der Waals surface area (Å²) in [5.74, 6) is -0.296. The molecule has 0 radical (unpaired) electrons. The summed E-state index contributed by atoms with van der Waals surface area (Å²) in [6.45, 7) is 2.32. The number of rotatable bonds is 5. The van der Waals surface area contributed by atoms with Gasteiger partial charge in [0.25, 0.3) is 0 Å². The van der Waals surface area contributed by atoms with Crippen LogP contribution < -0.4 is 10.1 Å². The van der Waals surface area contributed by atoms with Gasteiger partial charge in [0.05, 0.1) is 12.1 Å². The fourth-order valence-electron chi connectivity index (χ4n) is 2.02. The van der Waals surface area contributed by atoms with Crippen LogP contribution in [0.15, 0.2) is 36.4 Å². The van der Waals surface area contributed by atoms with Crippen molar-refractivity contribution in [3.8, 4) is 5.75 Å². The maximum atomic E-state index is 13.9. The number of hydrogen-bond donors (Lipinski definition) is 1.